The van der Waals surface area contributed by atoms with Gasteiger partial charge in [0.1, 0.15) is 5.76 Å². The van der Waals surface area contributed by atoms with Gasteiger partial charge >= 0.3 is 0 Å². The number of ether oxygens (including phenoxy) is 2. The maximum atomic E-state index is 5.74. The van der Waals surface area contributed by atoms with E-state index in [2.05, 4.69) is 77.5 Å². The summed E-state index contributed by atoms with van der Waals surface area (Å²) in [7, 11) is 0. The van der Waals surface area contributed by atoms with Gasteiger partial charge in [-0.25, -0.2) is 0 Å². The lowest BCUT2D eigenvalue weighted by atomic mass is 9.85. The normalized spacial score (nSPS) is 19.9. The minimum Gasteiger partial charge on any atom is -0.458 e. The molecule has 0 saturated carbocycles. The Labute approximate surface area is 173 Å². The minimum atomic E-state index is 0.321. The molecule has 0 atom stereocenters. The number of benzene rings is 2. The lowest BCUT2D eigenvalue weighted by Crippen LogP contribution is -2.05. The summed E-state index contributed by atoms with van der Waals surface area (Å²) < 4.78 is 12.4. The molecule has 1 aliphatic heterocycles. The van der Waals surface area contributed by atoms with Crippen LogP contribution in [0.15, 0.2) is 92.9 Å². The molecule has 3 aliphatic carbocycles. The third kappa shape index (κ3) is 2.20. The largest absolute Gasteiger partial charge is 0.458 e. The van der Waals surface area contributed by atoms with E-state index in [1.807, 2.05) is 0 Å². The van der Waals surface area contributed by atoms with Gasteiger partial charge in [-0.05, 0) is 73.8 Å². The average molecular weight is 431 g/mol. The fraction of sp³-hybridized carbons (Fsp3) is 0.200. The fourth-order valence-corrected chi connectivity index (χ4v) is 5.75. The van der Waals surface area contributed by atoms with Crippen LogP contribution in [0.3, 0.4) is 0 Å². The van der Waals surface area contributed by atoms with Crippen molar-refractivity contribution in [2.45, 2.75) is 25.7 Å². The number of fused-ring (bicyclic) bond motifs is 4. The first-order valence-corrected chi connectivity index (χ1v) is 10.5. The Morgan fingerprint density at radius 3 is 2.36 bits per heavy atom. The number of halogens is 1. The summed E-state index contributed by atoms with van der Waals surface area (Å²) in [6, 6.07) is 17.7. The molecule has 0 fully saturated rings. The SMILES string of the molecule is CC1=CC2=C(Br)C3=C(CC2=C1CC1c2ccccc2-c2ccccc21)OCO3. The summed E-state index contributed by atoms with van der Waals surface area (Å²) >= 11 is 3.76. The molecule has 6 rings (SSSR count). The summed E-state index contributed by atoms with van der Waals surface area (Å²) in [6.45, 7) is 2.55. The molecule has 3 heteroatoms. The van der Waals surface area contributed by atoms with E-state index in [0.29, 0.717) is 12.7 Å². The van der Waals surface area contributed by atoms with Gasteiger partial charge < -0.3 is 9.47 Å². The van der Waals surface area contributed by atoms with Crippen LogP contribution in [-0.4, -0.2) is 6.79 Å². The molecule has 0 saturated heterocycles. The first-order valence-electron chi connectivity index (χ1n) is 9.70. The van der Waals surface area contributed by atoms with Crippen molar-refractivity contribution in [3.05, 3.63) is 104 Å². The number of allylic oxidation sites excluding steroid dienone is 6. The molecule has 0 aromatic heterocycles. The summed E-state index contributed by atoms with van der Waals surface area (Å²) in [5.74, 6) is 2.23. The molecule has 28 heavy (non-hydrogen) atoms. The maximum Gasteiger partial charge on any atom is 0.230 e. The van der Waals surface area contributed by atoms with Gasteiger partial charge in [-0.3, -0.25) is 0 Å². The highest BCUT2D eigenvalue weighted by Gasteiger charge is 2.36. The van der Waals surface area contributed by atoms with E-state index in [9.17, 15) is 0 Å². The molecule has 2 aromatic rings. The number of hydrogen-bond donors (Lipinski definition) is 0. The van der Waals surface area contributed by atoms with Crippen LogP contribution in [0.4, 0.5) is 0 Å². The lowest BCUT2D eigenvalue weighted by molar-refractivity contribution is 0.0734. The van der Waals surface area contributed by atoms with Gasteiger partial charge in [0.25, 0.3) is 0 Å². The summed E-state index contributed by atoms with van der Waals surface area (Å²) in [5, 5.41) is 0. The van der Waals surface area contributed by atoms with E-state index in [0.717, 1.165) is 28.8 Å². The summed E-state index contributed by atoms with van der Waals surface area (Å²) in [5.41, 5.74) is 11.1. The van der Waals surface area contributed by atoms with Gasteiger partial charge in [0.2, 0.25) is 6.79 Å². The molecule has 2 aromatic carbocycles. The molecule has 0 spiro atoms. The second-order valence-corrected chi connectivity index (χ2v) is 8.57. The van der Waals surface area contributed by atoms with Crippen molar-refractivity contribution >= 4 is 15.9 Å². The molecule has 4 aliphatic rings. The zero-order valence-corrected chi connectivity index (χ0v) is 17.2. The van der Waals surface area contributed by atoms with Crippen molar-refractivity contribution < 1.29 is 9.47 Å². The second kappa shape index (κ2) is 5.99. The molecule has 0 N–H and O–H groups in total. The highest BCUT2D eigenvalue weighted by atomic mass is 79.9. The van der Waals surface area contributed by atoms with Crippen LogP contribution in [0.5, 0.6) is 0 Å². The van der Waals surface area contributed by atoms with E-state index in [1.54, 1.807) is 0 Å². The zero-order chi connectivity index (χ0) is 18.8. The number of rotatable bonds is 2. The lowest BCUT2D eigenvalue weighted by Gasteiger charge is -2.20. The van der Waals surface area contributed by atoms with Crippen LogP contribution in [0.1, 0.15) is 36.8 Å². The van der Waals surface area contributed by atoms with Crippen LogP contribution < -0.4 is 0 Å². The molecule has 0 amide bonds. The van der Waals surface area contributed by atoms with E-state index in [1.165, 1.54) is 44.5 Å². The van der Waals surface area contributed by atoms with Gasteiger partial charge in [-0.2, -0.15) is 0 Å². The third-order valence-electron chi connectivity index (χ3n) is 6.36. The molecule has 1 heterocycles. The van der Waals surface area contributed by atoms with E-state index < -0.39 is 0 Å². The molecule has 0 bridgehead atoms. The van der Waals surface area contributed by atoms with Gasteiger partial charge in [0, 0.05) is 12.3 Å². The van der Waals surface area contributed by atoms with Crippen molar-refractivity contribution in [3.63, 3.8) is 0 Å². The summed E-state index contributed by atoms with van der Waals surface area (Å²) in [6.07, 6.45) is 4.13. The van der Waals surface area contributed by atoms with Crippen LogP contribution in [0.25, 0.3) is 11.1 Å². The third-order valence-corrected chi connectivity index (χ3v) is 7.15. The van der Waals surface area contributed by atoms with E-state index >= 15 is 0 Å². The Bertz CT molecular complexity index is 1120. The van der Waals surface area contributed by atoms with Gasteiger partial charge in [0.05, 0.1) is 4.48 Å². The maximum absolute atomic E-state index is 5.74. The highest BCUT2D eigenvalue weighted by molar-refractivity contribution is 9.12. The quantitative estimate of drug-likeness (QED) is 0.526. The topological polar surface area (TPSA) is 18.5 Å². The van der Waals surface area contributed by atoms with Gasteiger partial charge in [-0.15, -0.1) is 0 Å². The van der Waals surface area contributed by atoms with Crippen LogP contribution in [-0.2, 0) is 9.47 Å². The smallest absolute Gasteiger partial charge is 0.230 e. The van der Waals surface area contributed by atoms with E-state index in [-0.39, 0.29) is 0 Å². The zero-order valence-electron chi connectivity index (χ0n) is 15.6. The highest BCUT2D eigenvalue weighted by Crippen LogP contribution is 2.52. The standard InChI is InChI=1S/C25H19BrO2/c1-14-10-22-21(12-23-25(24(22)26)28-13-27-23)19(14)11-20-17-8-4-2-6-15(17)16-7-3-5-9-18(16)20/h2-10,20H,11-13H2,1H3. The van der Waals surface area contributed by atoms with Crippen molar-refractivity contribution in [1.29, 1.82) is 0 Å². The van der Waals surface area contributed by atoms with Gasteiger partial charge in [0.15, 0.2) is 5.76 Å². The molecule has 2 nitrogen and oxygen atoms in total. The first-order chi connectivity index (χ1) is 13.7. The van der Waals surface area contributed by atoms with Gasteiger partial charge in [-0.1, -0.05) is 54.6 Å². The predicted molar refractivity (Wildman–Crippen MR) is 114 cm³/mol. The van der Waals surface area contributed by atoms with Crippen molar-refractivity contribution in [2.24, 2.45) is 0 Å². The Hall–Kier alpha value is -2.52. The molecular weight excluding hydrogens is 412 g/mol. The number of hydrogen-bond acceptors (Lipinski definition) is 2. The predicted octanol–water partition coefficient (Wildman–Crippen LogP) is 6.71. The van der Waals surface area contributed by atoms with E-state index in [4.69, 9.17) is 9.47 Å². The Morgan fingerprint density at radius 1 is 0.964 bits per heavy atom. The van der Waals surface area contributed by atoms with Crippen LogP contribution in [0.2, 0.25) is 0 Å². The van der Waals surface area contributed by atoms with Crippen LogP contribution in [0, 0.1) is 0 Å². The van der Waals surface area contributed by atoms with Crippen LogP contribution >= 0.6 is 15.9 Å². The fourth-order valence-electron chi connectivity index (χ4n) is 5.06. The Balaban J connectivity index is 1.46. The van der Waals surface area contributed by atoms with Crippen molar-refractivity contribution in [2.75, 3.05) is 6.79 Å². The molecule has 138 valence electrons. The minimum absolute atomic E-state index is 0.321. The molecular formula is C25H19BrO2. The monoisotopic (exact) mass is 430 g/mol. The van der Waals surface area contributed by atoms with Crippen molar-refractivity contribution in [3.8, 4) is 11.1 Å². The Morgan fingerprint density at radius 2 is 1.64 bits per heavy atom. The first kappa shape index (κ1) is 16.4. The second-order valence-electron chi connectivity index (χ2n) is 7.78. The average Bonchev–Trinajstić information content (AvgIpc) is 3.39. The van der Waals surface area contributed by atoms with Crippen molar-refractivity contribution in [1.82, 2.24) is 0 Å². The molecule has 0 radical (unpaired) electrons. The summed E-state index contributed by atoms with van der Waals surface area (Å²) in [4.78, 5) is 0. The molecule has 0 unspecified atom stereocenters. The Kier molecular flexibility index (Phi) is 3.51.